The fourth-order valence-corrected chi connectivity index (χ4v) is 2.40. The normalized spacial score (nSPS) is 10.6. The first-order valence-electron chi connectivity index (χ1n) is 7.74. The van der Waals surface area contributed by atoms with Crippen LogP contribution in [0.2, 0.25) is 0 Å². The Morgan fingerprint density at radius 1 is 1.12 bits per heavy atom. The summed E-state index contributed by atoms with van der Waals surface area (Å²) in [5.74, 6) is -0.381. The summed E-state index contributed by atoms with van der Waals surface area (Å²) in [7, 11) is 0. The molecule has 0 radical (unpaired) electrons. The lowest BCUT2D eigenvalue weighted by Crippen LogP contribution is -2.13. The van der Waals surface area contributed by atoms with Crippen LogP contribution in [0.15, 0.2) is 59.1 Å². The van der Waals surface area contributed by atoms with Crippen molar-refractivity contribution in [2.75, 3.05) is 5.32 Å². The molecular weight excluding hydrogens is 307 g/mol. The molecule has 0 fully saturated rings. The minimum absolute atomic E-state index is 0.0684. The molecule has 0 saturated heterocycles. The molecule has 2 aromatic carbocycles. The molecule has 0 atom stereocenters. The molecule has 0 aliphatic rings. The molecule has 1 heterocycles. The van der Waals surface area contributed by atoms with Crippen molar-refractivity contribution >= 4 is 11.8 Å². The number of carbonyl (C=O) groups is 1. The van der Waals surface area contributed by atoms with Gasteiger partial charge in [-0.25, -0.2) is 4.39 Å². The first kappa shape index (κ1) is 15.9. The van der Waals surface area contributed by atoms with Gasteiger partial charge in [-0.1, -0.05) is 48.5 Å². The Kier molecular flexibility index (Phi) is 4.70. The fourth-order valence-electron chi connectivity index (χ4n) is 2.40. The topological polar surface area (TPSA) is 55.1 Å². The van der Waals surface area contributed by atoms with Gasteiger partial charge in [0.25, 0.3) is 0 Å². The van der Waals surface area contributed by atoms with Crippen LogP contribution in [0.25, 0.3) is 11.3 Å². The van der Waals surface area contributed by atoms with E-state index in [0.29, 0.717) is 11.3 Å². The summed E-state index contributed by atoms with van der Waals surface area (Å²) in [6.07, 6.45) is 1.04. The van der Waals surface area contributed by atoms with Crippen molar-refractivity contribution in [3.63, 3.8) is 0 Å². The van der Waals surface area contributed by atoms with Crippen molar-refractivity contribution in [3.8, 4) is 11.3 Å². The van der Waals surface area contributed by atoms with Gasteiger partial charge in [0.1, 0.15) is 11.5 Å². The van der Waals surface area contributed by atoms with Gasteiger partial charge in [-0.2, -0.15) is 0 Å². The first-order chi connectivity index (χ1) is 11.6. The fraction of sp³-hybridized carbons (Fsp3) is 0.158. The van der Waals surface area contributed by atoms with Crippen LogP contribution < -0.4 is 5.32 Å². The zero-order chi connectivity index (χ0) is 16.9. The van der Waals surface area contributed by atoms with Crippen molar-refractivity contribution in [2.45, 2.75) is 19.8 Å². The summed E-state index contributed by atoms with van der Waals surface area (Å²) in [6.45, 7) is 2.09. The highest BCUT2D eigenvalue weighted by Crippen LogP contribution is 2.22. The van der Waals surface area contributed by atoms with Gasteiger partial charge in [0.2, 0.25) is 11.8 Å². The van der Waals surface area contributed by atoms with E-state index in [1.54, 1.807) is 18.2 Å². The number of aromatic nitrogens is 1. The second-order valence-electron chi connectivity index (χ2n) is 5.48. The third kappa shape index (κ3) is 3.87. The maximum atomic E-state index is 13.1. The highest BCUT2D eigenvalue weighted by atomic mass is 19.1. The molecule has 0 aliphatic carbocycles. The van der Waals surface area contributed by atoms with Gasteiger partial charge >= 0.3 is 0 Å². The lowest BCUT2D eigenvalue weighted by Gasteiger charge is -2.01. The SMILES string of the molecule is CCc1ccc(-c2cc(NC(=O)Cc3cccc(F)c3)on2)cc1. The van der Waals surface area contributed by atoms with Crippen LogP contribution in [0.5, 0.6) is 0 Å². The summed E-state index contributed by atoms with van der Waals surface area (Å²) >= 11 is 0. The molecule has 5 heteroatoms. The van der Waals surface area contributed by atoms with E-state index < -0.39 is 0 Å². The maximum Gasteiger partial charge on any atom is 0.231 e. The van der Waals surface area contributed by atoms with E-state index >= 15 is 0 Å². The number of aryl methyl sites for hydroxylation is 1. The number of hydrogen-bond acceptors (Lipinski definition) is 3. The van der Waals surface area contributed by atoms with Crippen molar-refractivity contribution in [1.82, 2.24) is 5.16 Å². The molecule has 3 rings (SSSR count). The molecule has 0 aliphatic heterocycles. The van der Waals surface area contributed by atoms with Crippen LogP contribution in [0.3, 0.4) is 0 Å². The van der Waals surface area contributed by atoms with E-state index in [-0.39, 0.29) is 24.0 Å². The van der Waals surface area contributed by atoms with E-state index in [2.05, 4.69) is 17.4 Å². The van der Waals surface area contributed by atoms with E-state index in [1.807, 2.05) is 24.3 Å². The Balaban J connectivity index is 1.65. The highest BCUT2D eigenvalue weighted by molar-refractivity contribution is 5.91. The third-order valence-corrected chi connectivity index (χ3v) is 3.68. The van der Waals surface area contributed by atoms with Crippen LogP contribution in [-0.4, -0.2) is 11.1 Å². The molecule has 0 spiro atoms. The number of rotatable bonds is 5. The van der Waals surface area contributed by atoms with Gasteiger partial charge in [-0.05, 0) is 29.7 Å². The predicted octanol–water partition coefficient (Wildman–Crippen LogP) is 4.22. The molecule has 0 unspecified atom stereocenters. The Bertz CT molecular complexity index is 841. The van der Waals surface area contributed by atoms with Crippen molar-refractivity contribution < 1.29 is 13.7 Å². The monoisotopic (exact) mass is 324 g/mol. The van der Waals surface area contributed by atoms with Gasteiger partial charge in [0, 0.05) is 11.6 Å². The predicted molar refractivity (Wildman–Crippen MR) is 90.1 cm³/mol. The summed E-state index contributed by atoms with van der Waals surface area (Å²) in [4.78, 5) is 12.0. The minimum atomic E-state index is -0.363. The standard InChI is InChI=1S/C19H17FN2O2/c1-2-13-6-8-15(9-7-13)17-12-19(24-22-17)21-18(23)11-14-4-3-5-16(20)10-14/h3-10,12H,2,11H2,1H3,(H,21,23). The number of carbonyl (C=O) groups excluding carboxylic acids is 1. The van der Waals surface area contributed by atoms with Crippen LogP contribution in [-0.2, 0) is 17.6 Å². The largest absolute Gasteiger partial charge is 0.338 e. The Morgan fingerprint density at radius 2 is 1.92 bits per heavy atom. The van der Waals surface area contributed by atoms with Gasteiger partial charge in [0.15, 0.2) is 0 Å². The number of nitrogens with one attached hydrogen (secondary N) is 1. The van der Waals surface area contributed by atoms with Crippen LogP contribution >= 0.6 is 0 Å². The van der Waals surface area contributed by atoms with Gasteiger partial charge in [0.05, 0.1) is 6.42 Å². The number of halogens is 1. The Labute approximate surface area is 139 Å². The number of nitrogens with zero attached hydrogens (tertiary/aromatic N) is 1. The van der Waals surface area contributed by atoms with E-state index in [0.717, 1.165) is 12.0 Å². The molecular formula is C19H17FN2O2. The molecule has 1 aromatic heterocycles. The molecule has 1 N–H and O–H groups in total. The average Bonchev–Trinajstić information content (AvgIpc) is 3.03. The molecule has 3 aromatic rings. The molecule has 0 bridgehead atoms. The molecule has 122 valence electrons. The Hall–Kier alpha value is -2.95. The Morgan fingerprint density at radius 3 is 2.62 bits per heavy atom. The lowest BCUT2D eigenvalue weighted by molar-refractivity contribution is -0.115. The molecule has 4 nitrogen and oxygen atoms in total. The molecule has 24 heavy (non-hydrogen) atoms. The summed E-state index contributed by atoms with van der Waals surface area (Å²) in [5, 5.41) is 6.60. The van der Waals surface area contributed by atoms with E-state index in [1.165, 1.54) is 17.7 Å². The summed E-state index contributed by atoms with van der Waals surface area (Å²) in [6, 6.07) is 15.6. The van der Waals surface area contributed by atoms with E-state index in [9.17, 15) is 9.18 Å². The summed E-state index contributed by atoms with van der Waals surface area (Å²) in [5.41, 5.74) is 3.41. The van der Waals surface area contributed by atoms with E-state index in [4.69, 9.17) is 4.52 Å². The zero-order valence-corrected chi connectivity index (χ0v) is 13.3. The second-order valence-corrected chi connectivity index (χ2v) is 5.48. The number of amides is 1. The number of benzene rings is 2. The third-order valence-electron chi connectivity index (χ3n) is 3.68. The average molecular weight is 324 g/mol. The molecule has 0 saturated carbocycles. The smallest absolute Gasteiger partial charge is 0.231 e. The number of hydrogen-bond donors (Lipinski definition) is 1. The van der Waals surface area contributed by atoms with Gasteiger partial charge < -0.3 is 4.52 Å². The molecule has 1 amide bonds. The van der Waals surface area contributed by atoms with Gasteiger partial charge in [-0.3, -0.25) is 10.1 Å². The summed E-state index contributed by atoms with van der Waals surface area (Å²) < 4.78 is 18.3. The van der Waals surface area contributed by atoms with Crippen molar-refractivity contribution in [2.24, 2.45) is 0 Å². The van der Waals surface area contributed by atoms with Gasteiger partial charge in [-0.15, -0.1) is 0 Å². The maximum absolute atomic E-state index is 13.1. The first-order valence-corrected chi connectivity index (χ1v) is 7.74. The zero-order valence-electron chi connectivity index (χ0n) is 13.3. The second kappa shape index (κ2) is 7.08. The quantitative estimate of drug-likeness (QED) is 0.764. The van der Waals surface area contributed by atoms with Crippen molar-refractivity contribution in [3.05, 3.63) is 71.5 Å². The highest BCUT2D eigenvalue weighted by Gasteiger charge is 2.10. The number of anilines is 1. The van der Waals surface area contributed by atoms with Crippen molar-refractivity contribution in [1.29, 1.82) is 0 Å². The van der Waals surface area contributed by atoms with Crippen LogP contribution in [0.4, 0.5) is 10.3 Å². The van der Waals surface area contributed by atoms with Crippen LogP contribution in [0, 0.1) is 5.82 Å². The lowest BCUT2D eigenvalue weighted by atomic mass is 10.1. The van der Waals surface area contributed by atoms with Crippen LogP contribution in [0.1, 0.15) is 18.1 Å². The minimum Gasteiger partial charge on any atom is -0.338 e.